The Kier molecular flexibility index (Phi) is 5.32. The fourth-order valence-electron chi connectivity index (χ4n) is 1.55. The molecule has 0 amide bonds. The Labute approximate surface area is 85.5 Å². The molecule has 0 heterocycles. The number of rotatable bonds is 5. The normalized spacial score (nSPS) is 21.7. The van der Waals surface area contributed by atoms with Crippen LogP contribution in [0.15, 0.2) is 0 Å². The molecule has 0 rings (SSSR count). The second-order valence-electron chi connectivity index (χ2n) is 4.69. The van der Waals surface area contributed by atoms with Crippen molar-refractivity contribution in [1.82, 2.24) is 0 Å². The lowest BCUT2D eigenvalue weighted by atomic mass is 11.0. The summed E-state index contributed by atoms with van der Waals surface area (Å²) < 4.78 is 0. The molecule has 3 heteroatoms. The first-order chi connectivity index (χ1) is 5.68. The van der Waals surface area contributed by atoms with E-state index in [-0.39, 0.29) is 7.55 Å². The summed E-state index contributed by atoms with van der Waals surface area (Å²) >= 11 is 0. The molecule has 0 spiro atoms. The highest BCUT2D eigenvalue weighted by Crippen LogP contribution is 2.59. The topological polar surface area (TPSA) is 0 Å². The minimum absolute atomic E-state index is 0.0196. The van der Waals surface area contributed by atoms with Gasteiger partial charge >= 0.3 is 0 Å². The van der Waals surface area contributed by atoms with E-state index < -0.39 is 13.8 Å². The Morgan fingerprint density at radius 3 is 1.92 bits per heavy atom. The highest BCUT2D eigenvalue weighted by molar-refractivity contribution is 7.92. The van der Waals surface area contributed by atoms with Crippen LogP contribution in [0.25, 0.3) is 0 Å². The molecule has 0 aromatic heterocycles. The Hall–Kier alpha value is 0.770. The van der Waals surface area contributed by atoms with E-state index in [9.17, 15) is 0 Å². The lowest BCUT2D eigenvalue weighted by Gasteiger charge is -2.24. The Morgan fingerprint density at radius 2 is 1.62 bits per heavy atom. The van der Waals surface area contributed by atoms with Gasteiger partial charge in [-0.1, -0.05) is 20.1 Å². The van der Waals surface area contributed by atoms with Gasteiger partial charge in [-0.05, 0) is 25.4 Å². The summed E-state index contributed by atoms with van der Waals surface area (Å²) in [7, 11) is -0.0196. The molecule has 0 saturated carbocycles. The van der Waals surface area contributed by atoms with Crippen molar-refractivity contribution in [3.63, 3.8) is 0 Å². The van der Waals surface area contributed by atoms with Crippen LogP contribution in [0.3, 0.4) is 0 Å². The highest BCUT2D eigenvalue weighted by Gasteiger charge is 2.18. The van der Waals surface area contributed by atoms with Crippen LogP contribution in [-0.4, -0.2) is 56.9 Å². The number of hydrogen-bond acceptors (Lipinski definition) is 0. The van der Waals surface area contributed by atoms with Gasteiger partial charge in [0.05, 0.1) is 20.5 Å². The first-order valence-electron chi connectivity index (χ1n) is 4.58. The van der Waals surface area contributed by atoms with E-state index in [0.29, 0.717) is 0 Å². The summed E-state index contributed by atoms with van der Waals surface area (Å²) in [6.07, 6.45) is 14.2. The van der Waals surface area contributed by atoms with Gasteiger partial charge in [-0.25, -0.2) is 0 Å². The van der Waals surface area contributed by atoms with Gasteiger partial charge in [0.1, 0.15) is 5.90 Å². The molecule has 0 aromatic carbocycles. The fourth-order valence-corrected chi connectivity index (χ4v) is 14.8. The van der Waals surface area contributed by atoms with Crippen LogP contribution in [0.4, 0.5) is 0 Å². The first kappa shape index (κ1) is 13.8. The van der Waals surface area contributed by atoms with Crippen molar-refractivity contribution < 1.29 is 0 Å². The maximum atomic E-state index is 4.42. The van der Waals surface area contributed by atoms with Crippen LogP contribution in [0.1, 0.15) is 6.92 Å². The molecule has 78 valence electrons. The van der Waals surface area contributed by atoms with Crippen molar-refractivity contribution in [2.24, 2.45) is 0 Å². The second-order valence-corrected chi connectivity index (χ2v) is 15.8. The zero-order valence-corrected chi connectivity index (χ0v) is 12.3. The fraction of sp³-hybridized carbons (Fsp3) is 0.700. The van der Waals surface area contributed by atoms with Crippen molar-refractivity contribution >= 4 is 40.2 Å². The molecular formula is C10H24P3+. The Bertz CT molecular complexity index is 276. The van der Waals surface area contributed by atoms with Gasteiger partial charge in [-0.15, -0.1) is 13.2 Å². The molecule has 13 heavy (non-hydrogen) atoms. The smallest absolute Gasteiger partial charge is 0.111 e. The summed E-state index contributed by atoms with van der Waals surface area (Å²) in [6.45, 7) is 7.43. The van der Waals surface area contributed by atoms with Crippen LogP contribution in [0, 0.1) is 0 Å². The van der Waals surface area contributed by atoms with Crippen LogP contribution >= 0.6 is 21.3 Å². The predicted molar refractivity (Wildman–Crippen MR) is 80.2 cm³/mol. The molecule has 0 aliphatic rings. The lowest BCUT2D eigenvalue weighted by molar-refractivity contribution is 1.49. The minimum Gasteiger partial charge on any atom is -0.111 e. The second kappa shape index (κ2) is 5.02. The average molecular weight is 237 g/mol. The van der Waals surface area contributed by atoms with Gasteiger partial charge in [-0.2, -0.15) is 0 Å². The Morgan fingerprint density at radius 1 is 1.15 bits per heavy atom. The van der Waals surface area contributed by atoms with E-state index in [2.05, 4.69) is 45.8 Å². The van der Waals surface area contributed by atoms with Crippen molar-refractivity contribution in [1.29, 1.82) is 0 Å². The Balaban J connectivity index is 4.43. The SMILES string of the molecule is C=[P+](C)CP(=C)(C)CP(=C)(C)CC. The van der Waals surface area contributed by atoms with Gasteiger partial charge in [0.25, 0.3) is 0 Å². The highest BCUT2D eigenvalue weighted by atomic mass is 31.2. The summed E-state index contributed by atoms with van der Waals surface area (Å²) in [5.74, 6) is 2.60. The van der Waals surface area contributed by atoms with Crippen LogP contribution < -0.4 is 0 Å². The first-order valence-corrected chi connectivity index (χ1v) is 12.3. The van der Waals surface area contributed by atoms with Crippen molar-refractivity contribution in [3.05, 3.63) is 0 Å². The summed E-state index contributed by atoms with van der Waals surface area (Å²) in [6, 6.07) is 0. The van der Waals surface area contributed by atoms with Crippen molar-refractivity contribution in [2.45, 2.75) is 6.92 Å². The molecule has 0 radical (unpaired) electrons. The van der Waals surface area contributed by atoms with E-state index in [4.69, 9.17) is 0 Å². The van der Waals surface area contributed by atoms with E-state index in [1.54, 1.807) is 0 Å². The molecule has 0 aromatic rings. The third-order valence-electron chi connectivity index (χ3n) is 2.03. The van der Waals surface area contributed by atoms with Gasteiger partial charge in [0.15, 0.2) is 0 Å². The minimum atomic E-state index is -0.934. The monoisotopic (exact) mass is 237 g/mol. The van der Waals surface area contributed by atoms with Crippen molar-refractivity contribution in [2.75, 3.05) is 38.0 Å². The molecule has 3 atom stereocenters. The van der Waals surface area contributed by atoms with Crippen LogP contribution in [-0.2, 0) is 0 Å². The summed E-state index contributed by atoms with van der Waals surface area (Å²) in [5.41, 5.74) is 0. The lowest BCUT2D eigenvalue weighted by Crippen LogP contribution is -1.95. The maximum Gasteiger partial charge on any atom is 0.123 e. The van der Waals surface area contributed by atoms with Gasteiger partial charge in [0.2, 0.25) is 0 Å². The average Bonchev–Trinajstić information content (AvgIpc) is 1.81. The summed E-state index contributed by atoms with van der Waals surface area (Å²) in [4.78, 5) is 0. The molecule has 3 unspecified atom stereocenters. The van der Waals surface area contributed by atoms with Gasteiger partial charge < -0.3 is 0 Å². The van der Waals surface area contributed by atoms with Gasteiger partial charge in [-0.3, -0.25) is 0 Å². The molecule has 0 aliphatic carbocycles. The van der Waals surface area contributed by atoms with Gasteiger partial charge in [0, 0.05) is 0 Å². The molecule has 0 N–H and O–H groups in total. The molecule has 0 nitrogen and oxygen atoms in total. The van der Waals surface area contributed by atoms with Crippen LogP contribution in [0.2, 0.25) is 0 Å². The van der Waals surface area contributed by atoms with E-state index in [1.807, 2.05) is 0 Å². The zero-order valence-electron chi connectivity index (χ0n) is 9.58. The molecule has 0 fully saturated rings. The standard InChI is InChI=1S/C10H24P3/c1-8-12(4,5)10-13(6,7)9-11(2)3/h2,4,6,8-10H2,1,3,5,7H3/q+1. The maximum absolute atomic E-state index is 4.42. The summed E-state index contributed by atoms with van der Waals surface area (Å²) in [5, 5.41) is 0. The third-order valence-corrected chi connectivity index (χ3v) is 13.7. The number of hydrogen-bond donors (Lipinski definition) is 0. The predicted octanol–water partition coefficient (Wildman–Crippen LogP) is 3.62. The molecule has 0 aliphatic heterocycles. The quantitative estimate of drug-likeness (QED) is 0.640. The third kappa shape index (κ3) is 6.79. The van der Waals surface area contributed by atoms with E-state index >= 15 is 0 Å². The van der Waals surface area contributed by atoms with Crippen molar-refractivity contribution in [3.8, 4) is 0 Å². The molecule has 0 bridgehead atoms. The van der Waals surface area contributed by atoms with E-state index in [1.165, 1.54) is 18.0 Å². The van der Waals surface area contributed by atoms with E-state index in [0.717, 1.165) is 0 Å². The largest absolute Gasteiger partial charge is 0.123 e. The molecular weight excluding hydrogens is 213 g/mol. The zero-order chi connectivity index (χ0) is 10.7. The molecule has 0 saturated heterocycles. The van der Waals surface area contributed by atoms with Crippen LogP contribution in [0.5, 0.6) is 0 Å².